The fourth-order valence-electron chi connectivity index (χ4n) is 2.10. The second kappa shape index (κ2) is 7.31. The van der Waals surface area contributed by atoms with E-state index in [0.717, 1.165) is 0 Å². The second-order valence-electron chi connectivity index (χ2n) is 4.91. The highest BCUT2D eigenvalue weighted by Crippen LogP contribution is 2.32. The number of ether oxygens (including phenoxy) is 1. The second-order valence-corrected chi connectivity index (χ2v) is 6.13. The average Bonchev–Trinajstić information content (AvgIpc) is 2.54. The van der Waals surface area contributed by atoms with Crippen LogP contribution in [0.4, 0.5) is 0 Å². The van der Waals surface area contributed by atoms with Crippen LogP contribution >= 0.6 is 34.8 Å². The molecule has 0 radical (unpaired) electrons. The van der Waals surface area contributed by atoms with Gasteiger partial charge in [-0.3, -0.25) is 9.59 Å². The van der Waals surface area contributed by atoms with E-state index in [1.165, 1.54) is 36.4 Å². The van der Waals surface area contributed by atoms with Crippen molar-refractivity contribution in [1.29, 1.82) is 0 Å². The lowest BCUT2D eigenvalue weighted by molar-refractivity contribution is -0.151. The van der Waals surface area contributed by atoms with E-state index in [1.54, 1.807) is 6.07 Å². The highest BCUT2D eigenvalue weighted by molar-refractivity contribution is 6.42. The van der Waals surface area contributed by atoms with Gasteiger partial charge in [0.25, 0.3) is 17.4 Å². The average molecular weight is 402 g/mol. The first-order chi connectivity index (χ1) is 11.7. The van der Waals surface area contributed by atoms with E-state index in [2.05, 4.69) is 0 Å². The molecule has 0 atom stereocenters. The van der Waals surface area contributed by atoms with Crippen LogP contribution < -0.4 is 11.5 Å². The molecule has 4 N–H and O–H groups in total. The number of amides is 2. The van der Waals surface area contributed by atoms with Crippen molar-refractivity contribution in [3.8, 4) is 0 Å². The molecule has 0 saturated heterocycles. The SMILES string of the molecule is NC(=O)C(OC(=O)c1ccccc1Cl)(C(N)=O)c1ccc(Cl)c(Cl)c1. The van der Waals surface area contributed by atoms with Crippen molar-refractivity contribution in [2.75, 3.05) is 0 Å². The van der Waals surface area contributed by atoms with Gasteiger partial charge in [0.1, 0.15) is 0 Å². The van der Waals surface area contributed by atoms with Gasteiger partial charge in [-0.2, -0.15) is 0 Å². The molecule has 2 aromatic rings. The van der Waals surface area contributed by atoms with Crippen LogP contribution in [0.1, 0.15) is 15.9 Å². The van der Waals surface area contributed by atoms with E-state index in [1.807, 2.05) is 0 Å². The first-order valence-electron chi connectivity index (χ1n) is 6.73. The summed E-state index contributed by atoms with van der Waals surface area (Å²) >= 11 is 17.7. The third-order valence-electron chi connectivity index (χ3n) is 3.36. The van der Waals surface area contributed by atoms with Gasteiger partial charge < -0.3 is 16.2 Å². The molecule has 0 saturated carbocycles. The molecule has 0 heterocycles. The zero-order chi connectivity index (χ0) is 18.8. The molecule has 2 amide bonds. The Hall–Kier alpha value is -2.28. The molecule has 2 aromatic carbocycles. The first-order valence-corrected chi connectivity index (χ1v) is 7.86. The van der Waals surface area contributed by atoms with Crippen LogP contribution in [0.3, 0.4) is 0 Å². The summed E-state index contributed by atoms with van der Waals surface area (Å²) in [6.45, 7) is 0. The standard InChI is InChI=1S/C16H11Cl3N2O4/c17-10-4-2-1-3-9(10)13(22)25-16(14(20)23,15(21)24)8-5-6-11(18)12(19)7-8/h1-7H,(H2,20,23)(H2,21,24). The lowest BCUT2D eigenvalue weighted by Gasteiger charge is -2.28. The van der Waals surface area contributed by atoms with Crippen LogP contribution in [0.15, 0.2) is 42.5 Å². The molecule has 6 nitrogen and oxygen atoms in total. The maximum absolute atomic E-state index is 12.4. The molecule has 0 aliphatic carbocycles. The van der Waals surface area contributed by atoms with Gasteiger partial charge in [-0.15, -0.1) is 0 Å². The predicted octanol–water partition coefficient (Wildman–Crippen LogP) is 2.67. The summed E-state index contributed by atoms with van der Waals surface area (Å²) in [5.41, 5.74) is 7.87. The van der Waals surface area contributed by atoms with Crippen LogP contribution in [0.5, 0.6) is 0 Å². The fraction of sp³-hybridized carbons (Fsp3) is 0.0625. The number of carbonyl (C=O) groups excluding carboxylic acids is 3. The van der Waals surface area contributed by atoms with Gasteiger partial charge in [-0.05, 0) is 24.3 Å². The minimum absolute atomic E-state index is 0.0137. The smallest absolute Gasteiger partial charge is 0.341 e. The summed E-state index contributed by atoms with van der Waals surface area (Å²) in [5, 5.41) is 0.231. The van der Waals surface area contributed by atoms with Gasteiger partial charge in [0.15, 0.2) is 0 Å². The van der Waals surface area contributed by atoms with Crippen molar-refractivity contribution in [2.45, 2.75) is 5.60 Å². The number of primary amides is 2. The molecule has 0 aliphatic heterocycles. The predicted molar refractivity (Wildman–Crippen MR) is 93.4 cm³/mol. The molecular weight excluding hydrogens is 391 g/mol. The zero-order valence-electron chi connectivity index (χ0n) is 12.5. The van der Waals surface area contributed by atoms with E-state index >= 15 is 0 Å². The van der Waals surface area contributed by atoms with E-state index in [9.17, 15) is 14.4 Å². The Labute approximate surface area is 157 Å². The molecule has 0 bridgehead atoms. The summed E-state index contributed by atoms with van der Waals surface area (Å²) in [6.07, 6.45) is 0. The Kier molecular flexibility index (Phi) is 5.57. The third kappa shape index (κ3) is 3.56. The normalized spacial score (nSPS) is 11.0. The van der Waals surface area contributed by atoms with Gasteiger partial charge in [-0.25, -0.2) is 4.79 Å². The number of rotatable bonds is 5. The minimum atomic E-state index is -2.58. The van der Waals surface area contributed by atoms with Gasteiger partial charge in [0, 0.05) is 5.56 Å². The molecule has 0 spiro atoms. The van der Waals surface area contributed by atoms with Crippen molar-refractivity contribution in [2.24, 2.45) is 11.5 Å². The van der Waals surface area contributed by atoms with Gasteiger partial charge >= 0.3 is 5.97 Å². The lowest BCUT2D eigenvalue weighted by atomic mass is 9.91. The fourth-order valence-corrected chi connectivity index (χ4v) is 2.61. The summed E-state index contributed by atoms with van der Waals surface area (Å²) in [7, 11) is 0. The third-order valence-corrected chi connectivity index (χ3v) is 4.43. The number of esters is 1. The quantitative estimate of drug-likeness (QED) is 0.592. The van der Waals surface area contributed by atoms with Crippen LogP contribution in [0.25, 0.3) is 0 Å². The van der Waals surface area contributed by atoms with Crippen molar-refractivity contribution >= 4 is 52.6 Å². The molecule has 2 rings (SSSR count). The molecule has 130 valence electrons. The Morgan fingerprint density at radius 3 is 1.96 bits per heavy atom. The summed E-state index contributed by atoms with van der Waals surface area (Å²) in [5.74, 6) is -3.65. The Morgan fingerprint density at radius 2 is 1.44 bits per heavy atom. The lowest BCUT2D eigenvalue weighted by Crippen LogP contribution is -2.54. The topological polar surface area (TPSA) is 112 Å². The van der Waals surface area contributed by atoms with E-state index < -0.39 is 23.4 Å². The van der Waals surface area contributed by atoms with E-state index in [0.29, 0.717) is 0 Å². The molecule has 0 aromatic heterocycles. The van der Waals surface area contributed by atoms with Crippen molar-refractivity contribution in [1.82, 2.24) is 0 Å². The number of nitrogens with two attached hydrogens (primary N) is 2. The van der Waals surface area contributed by atoms with Gasteiger partial charge in [-0.1, -0.05) is 53.0 Å². The number of hydrogen-bond acceptors (Lipinski definition) is 4. The Balaban J connectivity index is 2.58. The summed E-state index contributed by atoms with van der Waals surface area (Å²) < 4.78 is 5.13. The number of carbonyl (C=O) groups is 3. The molecule has 0 fully saturated rings. The van der Waals surface area contributed by atoms with Crippen molar-refractivity contribution in [3.05, 3.63) is 68.7 Å². The van der Waals surface area contributed by atoms with Gasteiger partial charge in [0.2, 0.25) is 0 Å². The molecule has 9 heteroatoms. The number of halogens is 3. The van der Waals surface area contributed by atoms with Crippen molar-refractivity contribution in [3.63, 3.8) is 0 Å². The minimum Gasteiger partial charge on any atom is -0.430 e. The van der Waals surface area contributed by atoms with Crippen LogP contribution in [0.2, 0.25) is 15.1 Å². The van der Waals surface area contributed by atoms with Crippen molar-refractivity contribution < 1.29 is 19.1 Å². The van der Waals surface area contributed by atoms with Gasteiger partial charge in [0.05, 0.1) is 20.6 Å². The van der Waals surface area contributed by atoms with E-state index in [-0.39, 0.29) is 26.2 Å². The Morgan fingerprint density at radius 1 is 0.840 bits per heavy atom. The number of benzene rings is 2. The van der Waals surface area contributed by atoms with Crippen LogP contribution in [0, 0.1) is 0 Å². The number of hydrogen-bond donors (Lipinski definition) is 2. The molecule has 0 aliphatic rings. The maximum atomic E-state index is 12.4. The van der Waals surface area contributed by atoms with Crippen LogP contribution in [-0.2, 0) is 19.9 Å². The molecule has 25 heavy (non-hydrogen) atoms. The molecular formula is C16H11Cl3N2O4. The zero-order valence-corrected chi connectivity index (χ0v) is 14.7. The van der Waals surface area contributed by atoms with Crippen LogP contribution in [-0.4, -0.2) is 17.8 Å². The maximum Gasteiger partial charge on any atom is 0.341 e. The summed E-state index contributed by atoms with van der Waals surface area (Å²) in [4.78, 5) is 36.5. The summed E-state index contributed by atoms with van der Waals surface area (Å²) in [6, 6.07) is 9.64. The largest absolute Gasteiger partial charge is 0.430 e. The van der Waals surface area contributed by atoms with E-state index in [4.69, 9.17) is 51.0 Å². The Bertz CT molecular complexity index is 856. The first kappa shape index (κ1) is 19.1. The highest BCUT2D eigenvalue weighted by Gasteiger charge is 2.49. The monoisotopic (exact) mass is 400 g/mol. The highest BCUT2D eigenvalue weighted by atomic mass is 35.5. The molecule has 0 unspecified atom stereocenters.